The van der Waals surface area contributed by atoms with Gasteiger partial charge in [-0.1, -0.05) is 77.3 Å². The van der Waals surface area contributed by atoms with Gasteiger partial charge in [-0.2, -0.15) is 0 Å². The molecule has 0 N–H and O–H groups in total. The van der Waals surface area contributed by atoms with Crippen LogP contribution in [0.3, 0.4) is 0 Å². The lowest BCUT2D eigenvalue weighted by Gasteiger charge is -2.48. The van der Waals surface area contributed by atoms with Gasteiger partial charge in [-0.25, -0.2) is 0 Å². The molecule has 1 aliphatic rings. The zero-order valence-electron chi connectivity index (χ0n) is 17.3. The lowest BCUT2D eigenvalue weighted by atomic mass is 9.97. The lowest BCUT2D eigenvalue weighted by Crippen LogP contribution is -2.56. The molecule has 3 aromatic rings. The van der Waals surface area contributed by atoms with Crippen LogP contribution in [0, 0.1) is 0 Å². The predicted molar refractivity (Wildman–Crippen MR) is 131 cm³/mol. The molecule has 0 amide bonds. The number of nitrogens with zero attached hydrogens (tertiary/aromatic N) is 2. The Balaban J connectivity index is 1.71. The maximum Gasteiger partial charge on any atom is 0.0671 e. The van der Waals surface area contributed by atoms with Crippen LogP contribution in [0.4, 0.5) is 5.69 Å². The molecule has 1 saturated heterocycles. The topological polar surface area (TPSA) is 15.7 Å². The van der Waals surface area contributed by atoms with Crippen molar-refractivity contribution in [2.75, 3.05) is 31.7 Å². The molecule has 0 unspecified atom stereocenters. The highest BCUT2D eigenvalue weighted by Gasteiger charge is 2.35. The molecule has 1 fully saturated rings. The third-order valence-electron chi connectivity index (χ3n) is 5.77. The fourth-order valence-corrected chi connectivity index (χ4v) is 4.90. The van der Waals surface area contributed by atoms with Crippen molar-refractivity contribution in [1.29, 1.82) is 0 Å². The van der Waals surface area contributed by atoms with Gasteiger partial charge in [-0.05, 0) is 41.5 Å². The zero-order chi connectivity index (χ0) is 21.8. The maximum atomic E-state index is 6.64. The molecule has 1 aliphatic heterocycles. The molecule has 0 saturated carbocycles. The average Bonchev–Trinajstić information content (AvgIpc) is 2.76. The van der Waals surface area contributed by atoms with Crippen LogP contribution in [0.25, 0.3) is 0 Å². The van der Waals surface area contributed by atoms with Crippen LogP contribution in [0.2, 0.25) is 15.1 Å². The summed E-state index contributed by atoms with van der Waals surface area (Å²) >= 11 is 19.0. The second kappa shape index (κ2) is 10.2. The molecule has 6 heteroatoms. The van der Waals surface area contributed by atoms with Gasteiger partial charge in [-0.3, -0.25) is 4.90 Å². The first kappa shape index (κ1) is 22.4. The fourth-order valence-electron chi connectivity index (χ4n) is 4.25. The summed E-state index contributed by atoms with van der Waals surface area (Å²) in [6.45, 7) is 3.13. The first-order valence-corrected chi connectivity index (χ1v) is 11.4. The molecule has 0 spiro atoms. The quantitative estimate of drug-likeness (QED) is 0.393. The van der Waals surface area contributed by atoms with Crippen LogP contribution in [-0.2, 0) is 11.3 Å². The smallest absolute Gasteiger partial charge is 0.0671 e. The Morgan fingerprint density at radius 1 is 0.871 bits per heavy atom. The highest BCUT2D eigenvalue weighted by Crippen LogP contribution is 2.38. The number of anilines is 1. The van der Waals surface area contributed by atoms with E-state index >= 15 is 0 Å². The second-order valence-corrected chi connectivity index (χ2v) is 9.12. The first-order valence-electron chi connectivity index (χ1n) is 10.3. The number of hydrogen-bond acceptors (Lipinski definition) is 3. The summed E-state index contributed by atoms with van der Waals surface area (Å²) in [4.78, 5) is 4.87. The van der Waals surface area contributed by atoms with Crippen molar-refractivity contribution in [3.8, 4) is 0 Å². The van der Waals surface area contributed by atoms with Gasteiger partial charge >= 0.3 is 0 Å². The predicted octanol–water partition coefficient (Wildman–Crippen LogP) is 6.73. The molecule has 0 aromatic heterocycles. The van der Waals surface area contributed by atoms with E-state index in [1.165, 1.54) is 11.1 Å². The standard InChI is InChI=1S/C25H25Cl3N2O/c1-31-17-22-15-30(24-12-11-21(27)13-23(24)28)25(19-7-9-20(26)10-8-19)16-29(22)14-18-5-3-2-4-6-18/h2-13,22,25H,14-17H2,1H3/t22-,25+/m0/s1. The van der Waals surface area contributed by atoms with E-state index in [1.807, 2.05) is 30.3 Å². The number of methoxy groups -OCH3 is 1. The molecule has 31 heavy (non-hydrogen) atoms. The van der Waals surface area contributed by atoms with Gasteiger partial charge in [0.05, 0.1) is 29.4 Å². The van der Waals surface area contributed by atoms with Gasteiger partial charge in [0.1, 0.15) is 0 Å². The van der Waals surface area contributed by atoms with Crippen molar-refractivity contribution in [2.24, 2.45) is 0 Å². The summed E-state index contributed by atoms with van der Waals surface area (Å²) in [5, 5.41) is 2.01. The number of piperazine rings is 1. The van der Waals surface area contributed by atoms with Crippen LogP contribution >= 0.6 is 34.8 Å². The van der Waals surface area contributed by atoms with E-state index in [0.29, 0.717) is 16.7 Å². The first-order chi connectivity index (χ1) is 15.0. The van der Waals surface area contributed by atoms with E-state index < -0.39 is 0 Å². The molecule has 3 aromatic carbocycles. The highest BCUT2D eigenvalue weighted by atomic mass is 35.5. The Kier molecular flexibility index (Phi) is 7.42. The van der Waals surface area contributed by atoms with Gasteiger partial charge in [0.15, 0.2) is 0 Å². The van der Waals surface area contributed by atoms with Crippen LogP contribution in [0.1, 0.15) is 17.2 Å². The third-order valence-corrected chi connectivity index (χ3v) is 6.56. The minimum atomic E-state index is 0.118. The number of hydrogen-bond donors (Lipinski definition) is 0. The molecule has 2 atom stereocenters. The molecule has 0 aliphatic carbocycles. The van der Waals surface area contributed by atoms with E-state index in [1.54, 1.807) is 13.2 Å². The normalized spacial score (nSPS) is 19.5. The number of halogens is 3. The van der Waals surface area contributed by atoms with E-state index in [2.05, 4.69) is 46.2 Å². The molecule has 0 bridgehead atoms. The van der Waals surface area contributed by atoms with E-state index in [0.717, 1.165) is 30.3 Å². The fraction of sp³-hybridized carbons (Fsp3) is 0.280. The van der Waals surface area contributed by atoms with Crippen LogP contribution in [-0.4, -0.2) is 37.7 Å². The van der Waals surface area contributed by atoms with Crippen molar-refractivity contribution >= 4 is 40.5 Å². The van der Waals surface area contributed by atoms with Crippen molar-refractivity contribution in [3.05, 3.63) is 99.0 Å². The largest absolute Gasteiger partial charge is 0.383 e. The van der Waals surface area contributed by atoms with Gasteiger partial charge in [0.2, 0.25) is 0 Å². The summed E-state index contributed by atoms with van der Waals surface area (Å²) in [5.74, 6) is 0. The molecule has 0 radical (unpaired) electrons. The summed E-state index contributed by atoms with van der Waals surface area (Å²) in [7, 11) is 1.76. The van der Waals surface area contributed by atoms with E-state index in [4.69, 9.17) is 39.5 Å². The SMILES string of the molecule is COC[C@@H]1CN(c2ccc(Cl)cc2Cl)[C@@H](c2ccc(Cl)cc2)CN1Cc1ccccc1. The summed E-state index contributed by atoms with van der Waals surface area (Å²) < 4.78 is 5.60. The number of ether oxygens (including phenoxy) is 1. The van der Waals surface area contributed by atoms with Gasteiger partial charge < -0.3 is 9.64 Å². The van der Waals surface area contributed by atoms with Crippen LogP contribution in [0.15, 0.2) is 72.8 Å². The van der Waals surface area contributed by atoms with Crippen molar-refractivity contribution < 1.29 is 4.74 Å². The zero-order valence-corrected chi connectivity index (χ0v) is 19.6. The molecule has 3 nitrogen and oxygen atoms in total. The van der Waals surface area contributed by atoms with E-state index in [9.17, 15) is 0 Å². The Hall–Kier alpha value is -1.75. The van der Waals surface area contributed by atoms with Gasteiger partial charge in [0.25, 0.3) is 0 Å². The maximum absolute atomic E-state index is 6.64. The molecular formula is C25H25Cl3N2O. The van der Waals surface area contributed by atoms with Gasteiger partial charge in [-0.15, -0.1) is 0 Å². The van der Waals surface area contributed by atoms with E-state index in [-0.39, 0.29) is 12.1 Å². The summed E-state index contributed by atoms with van der Waals surface area (Å²) in [6.07, 6.45) is 0. The molecule has 162 valence electrons. The molecular weight excluding hydrogens is 451 g/mol. The number of rotatable bonds is 6. The Morgan fingerprint density at radius 2 is 1.58 bits per heavy atom. The Bertz CT molecular complexity index is 997. The van der Waals surface area contributed by atoms with Crippen molar-refractivity contribution in [1.82, 2.24) is 4.90 Å². The Morgan fingerprint density at radius 3 is 2.26 bits per heavy atom. The number of benzene rings is 3. The van der Waals surface area contributed by atoms with Crippen LogP contribution < -0.4 is 4.90 Å². The lowest BCUT2D eigenvalue weighted by molar-refractivity contribution is 0.0644. The summed E-state index contributed by atoms with van der Waals surface area (Å²) in [6, 6.07) is 24.7. The minimum absolute atomic E-state index is 0.118. The Labute approximate surface area is 199 Å². The van der Waals surface area contributed by atoms with Crippen molar-refractivity contribution in [3.63, 3.8) is 0 Å². The van der Waals surface area contributed by atoms with Crippen LogP contribution in [0.5, 0.6) is 0 Å². The minimum Gasteiger partial charge on any atom is -0.383 e. The molecule has 1 heterocycles. The highest BCUT2D eigenvalue weighted by molar-refractivity contribution is 6.36. The average molecular weight is 476 g/mol. The van der Waals surface area contributed by atoms with Gasteiger partial charge in [0, 0.05) is 36.8 Å². The monoisotopic (exact) mass is 474 g/mol. The second-order valence-electron chi connectivity index (χ2n) is 7.84. The third kappa shape index (κ3) is 5.36. The summed E-state index contributed by atoms with van der Waals surface area (Å²) in [5.41, 5.74) is 3.47. The van der Waals surface area contributed by atoms with Crippen molar-refractivity contribution in [2.45, 2.75) is 18.6 Å². The molecule has 4 rings (SSSR count).